The molecule has 1 aliphatic heterocycles. The van der Waals surface area contributed by atoms with Gasteiger partial charge in [0, 0.05) is 16.3 Å². The van der Waals surface area contributed by atoms with Crippen molar-refractivity contribution in [1.29, 1.82) is 0 Å². The summed E-state index contributed by atoms with van der Waals surface area (Å²) < 4.78 is 6.59. The number of hydrogen-bond donors (Lipinski definition) is 1. The van der Waals surface area contributed by atoms with Crippen LogP contribution in [-0.4, -0.2) is 27.0 Å². The molecule has 10 heteroatoms. The van der Waals surface area contributed by atoms with Crippen LogP contribution in [0.1, 0.15) is 33.9 Å². The minimum atomic E-state index is -0.953. The van der Waals surface area contributed by atoms with Crippen molar-refractivity contribution in [2.24, 2.45) is 0 Å². The molecule has 7 nitrogen and oxygen atoms in total. The Bertz CT molecular complexity index is 1860. The number of benzene rings is 4. The Balaban J connectivity index is 1.31. The van der Waals surface area contributed by atoms with Crippen molar-refractivity contribution in [1.82, 2.24) is 10.2 Å². The SMILES string of the molecule is Cc1ccccc1COc1ccc(/C(O)=C2\C(=O)C(=O)N(c3nnc(SCc4ccccc4)s3)C2c2cccc(Cl)c2)cc1. The van der Waals surface area contributed by atoms with E-state index < -0.39 is 17.7 Å². The van der Waals surface area contributed by atoms with Crippen LogP contribution in [0.3, 0.4) is 0 Å². The van der Waals surface area contributed by atoms with E-state index in [0.29, 0.717) is 38.6 Å². The third-order valence-corrected chi connectivity index (χ3v) is 9.56. The highest BCUT2D eigenvalue weighted by molar-refractivity contribution is 8.00. The van der Waals surface area contributed by atoms with Gasteiger partial charge in [-0.1, -0.05) is 101 Å². The lowest BCUT2D eigenvalue weighted by atomic mass is 9.95. The number of aromatic nitrogens is 2. The summed E-state index contributed by atoms with van der Waals surface area (Å²) in [6.45, 7) is 2.42. The van der Waals surface area contributed by atoms with Gasteiger partial charge in [-0.05, 0) is 65.6 Å². The number of thioether (sulfide) groups is 1. The number of aryl methyl sites for hydroxylation is 1. The number of carbonyl (C=O) groups excluding carboxylic acids is 2. The summed E-state index contributed by atoms with van der Waals surface area (Å²) in [7, 11) is 0. The fraction of sp³-hybridized carbons (Fsp3) is 0.118. The van der Waals surface area contributed by atoms with Gasteiger partial charge in [0.15, 0.2) is 4.34 Å². The molecule has 1 unspecified atom stereocenters. The van der Waals surface area contributed by atoms with Crippen molar-refractivity contribution in [3.63, 3.8) is 0 Å². The van der Waals surface area contributed by atoms with E-state index in [0.717, 1.165) is 16.7 Å². The third kappa shape index (κ3) is 6.26. The minimum absolute atomic E-state index is 0.0560. The van der Waals surface area contributed by atoms with Gasteiger partial charge < -0.3 is 9.84 Å². The van der Waals surface area contributed by atoms with Crippen LogP contribution >= 0.6 is 34.7 Å². The van der Waals surface area contributed by atoms with Crippen molar-refractivity contribution in [3.05, 3.63) is 142 Å². The van der Waals surface area contributed by atoms with Crippen LogP contribution in [-0.2, 0) is 21.9 Å². The Morgan fingerprint density at radius 1 is 0.955 bits per heavy atom. The molecule has 6 rings (SSSR count). The maximum absolute atomic E-state index is 13.5. The average molecular weight is 640 g/mol. The molecule has 44 heavy (non-hydrogen) atoms. The summed E-state index contributed by atoms with van der Waals surface area (Å²) in [6.07, 6.45) is 0. The predicted octanol–water partition coefficient (Wildman–Crippen LogP) is 8.00. The van der Waals surface area contributed by atoms with Crippen molar-refractivity contribution in [3.8, 4) is 5.75 Å². The first-order chi connectivity index (χ1) is 21.4. The smallest absolute Gasteiger partial charge is 0.301 e. The Hall–Kier alpha value is -4.44. The van der Waals surface area contributed by atoms with E-state index in [4.69, 9.17) is 16.3 Å². The van der Waals surface area contributed by atoms with Crippen LogP contribution in [0.25, 0.3) is 5.76 Å². The lowest BCUT2D eigenvalue weighted by Gasteiger charge is -2.22. The number of nitrogens with zero attached hydrogens (tertiary/aromatic N) is 3. The monoisotopic (exact) mass is 639 g/mol. The lowest BCUT2D eigenvalue weighted by Crippen LogP contribution is -2.29. The fourth-order valence-electron chi connectivity index (χ4n) is 4.90. The minimum Gasteiger partial charge on any atom is -0.507 e. The summed E-state index contributed by atoms with van der Waals surface area (Å²) in [6, 6.07) is 30.6. The molecular weight excluding hydrogens is 614 g/mol. The fourth-order valence-corrected chi connectivity index (χ4v) is 6.92. The van der Waals surface area contributed by atoms with E-state index in [9.17, 15) is 14.7 Å². The van der Waals surface area contributed by atoms with Crippen LogP contribution in [0.2, 0.25) is 5.02 Å². The molecule has 2 heterocycles. The van der Waals surface area contributed by atoms with Gasteiger partial charge in [0.05, 0.1) is 11.6 Å². The van der Waals surface area contributed by atoms with Gasteiger partial charge in [0.25, 0.3) is 5.78 Å². The molecule has 1 amide bonds. The van der Waals surface area contributed by atoms with E-state index >= 15 is 0 Å². The largest absolute Gasteiger partial charge is 0.507 e. The zero-order chi connectivity index (χ0) is 30.6. The molecule has 0 saturated carbocycles. The van der Waals surface area contributed by atoms with Gasteiger partial charge in [0.2, 0.25) is 5.13 Å². The number of ketones is 1. The quantitative estimate of drug-likeness (QED) is 0.0574. The number of aliphatic hydroxyl groups excluding tert-OH is 1. The maximum Gasteiger partial charge on any atom is 0.301 e. The first-order valence-electron chi connectivity index (χ1n) is 13.7. The molecule has 0 bridgehead atoms. The van der Waals surface area contributed by atoms with Gasteiger partial charge in [-0.2, -0.15) is 0 Å². The molecule has 1 N–H and O–H groups in total. The van der Waals surface area contributed by atoms with Crippen LogP contribution in [0, 0.1) is 6.92 Å². The Morgan fingerprint density at radius 3 is 2.45 bits per heavy atom. The normalized spacial score (nSPS) is 16.0. The van der Waals surface area contributed by atoms with Gasteiger partial charge in [0.1, 0.15) is 18.1 Å². The number of rotatable bonds is 9. The average Bonchev–Trinajstić information content (AvgIpc) is 3.61. The zero-order valence-electron chi connectivity index (χ0n) is 23.5. The highest BCUT2D eigenvalue weighted by atomic mass is 35.5. The Kier molecular flexibility index (Phi) is 8.79. The molecule has 1 saturated heterocycles. The second-order valence-corrected chi connectivity index (χ2v) is 12.7. The second-order valence-electron chi connectivity index (χ2n) is 10.1. The number of anilines is 1. The molecule has 0 aliphatic carbocycles. The highest BCUT2D eigenvalue weighted by Crippen LogP contribution is 2.44. The van der Waals surface area contributed by atoms with Crippen molar-refractivity contribution >= 4 is 57.3 Å². The van der Waals surface area contributed by atoms with Crippen molar-refractivity contribution in [2.45, 2.75) is 29.7 Å². The number of halogens is 1. The topological polar surface area (TPSA) is 92.6 Å². The molecule has 220 valence electrons. The Morgan fingerprint density at radius 2 is 1.70 bits per heavy atom. The molecule has 1 aromatic heterocycles. The van der Waals surface area contributed by atoms with Crippen molar-refractivity contribution < 1.29 is 19.4 Å². The van der Waals surface area contributed by atoms with Gasteiger partial charge in [-0.3, -0.25) is 14.5 Å². The number of hydrogen-bond acceptors (Lipinski definition) is 8. The molecular formula is C34H26ClN3O4S2. The number of Topliss-reactive ketones (excluding diaryl/α,β-unsaturated/α-hetero) is 1. The molecule has 0 radical (unpaired) electrons. The van der Waals surface area contributed by atoms with E-state index in [1.807, 2.05) is 61.5 Å². The van der Waals surface area contributed by atoms with Gasteiger partial charge in [-0.25, -0.2) is 0 Å². The van der Waals surface area contributed by atoms with Crippen molar-refractivity contribution in [2.75, 3.05) is 4.90 Å². The highest BCUT2D eigenvalue weighted by Gasteiger charge is 2.48. The first-order valence-corrected chi connectivity index (χ1v) is 15.9. The molecule has 1 atom stereocenters. The standard InChI is InChI=1S/C34H26ClN3O4S2/c1-21-8-5-6-11-25(21)19-42-27-16-14-23(15-17-27)30(39)28-29(24-12-7-13-26(35)18-24)38(32(41)31(28)40)33-36-37-34(44-33)43-20-22-9-3-2-4-10-22/h2-18,29,39H,19-20H2,1H3/b30-28+. The van der Waals surface area contributed by atoms with E-state index in [2.05, 4.69) is 10.2 Å². The van der Waals surface area contributed by atoms with Crippen LogP contribution < -0.4 is 9.64 Å². The molecule has 4 aromatic carbocycles. The van der Waals surface area contributed by atoms with E-state index in [1.54, 1.807) is 48.5 Å². The van der Waals surface area contributed by atoms with E-state index in [1.165, 1.54) is 28.0 Å². The van der Waals surface area contributed by atoms with Crippen LogP contribution in [0.5, 0.6) is 5.75 Å². The zero-order valence-corrected chi connectivity index (χ0v) is 25.9. The molecule has 1 aliphatic rings. The lowest BCUT2D eigenvalue weighted by molar-refractivity contribution is -0.132. The number of aliphatic hydroxyl groups is 1. The molecule has 5 aromatic rings. The summed E-state index contributed by atoms with van der Waals surface area (Å²) in [4.78, 5) is 28.3. The van der Waals surface area contributed by atoms with E-state index in [-0.39, 0.29) is 16.5 Å². The summed E-state index contributed by atoms with van der Waals surface area (Å²) >= 11 is 9.03. The third-order valence-electron chi connectivity index (χ3n) is 7.20. The van der Waals surface area contributed by atoms with Gasteiger partial charge >= 0.3 is 5.91 Å². The number of ether oxygens (including phenoxy) is 1. The number of carbonyl (C=O) groups is 2. The van der Waals surface area contributed by atoms with Gasteiger partial charge in [-0.15, -0.1) is 10.2 Å². The van der Waals surface area contributed by atoms with Crippen LogP contribution in [0.15, 0.2) is 113 Å². The second kappa shape index (κ2) is 13.1. The molecule has 0 spiro atoms. The van der Waals surface area contributed by atoms with Crippen LogP contribution in [0.4, 0.5) is 5.13 Å². The number of amides is 1. The first kappa shape index (κ1) is 29.6. The summed E-state index contributed by atoms with van der Waals surface area (Å²) in [5.74, 6) is -0.640. The summed E-state index contributed by atoms with van der Waals surface area (Å²) in [5.41, 5.74) is 4.20. The predicted molar refractivity (Wildman–Crippen MR) is 174 cm³/mol. The molecule has 1 fully saturated rings. The maximum atomic E-state index is 13.5. The Labute approximate surface area is 267 Å². The summed E-state index contributed by atoms with van der Waals surface area (Å²) in [5, 5.41) is 20.7.